The Morgan fingerprint density at radius 2 is 2.26 bits per heavy atom. The third-order valence-corrected chi connectivity index (χ3v) is 3.88. The highest BCUT2D eigenvalue weighted by Gasteiger charge is 2.45. The Bertz CT molecular complexity index is 757. The summed E-state index contributed by atoms with van der Waals surface area (Å²) in [7, 11) is 4.94. The molecule has 23 heavy (non-hydrogen) atoms. The van der Waals surface area contributed by atoms with E-state index in [-0.39, 0.29) is 17.7 Å². The van der Waals surface area contributed by atoms with Gasteiger partial charge in [0.25, 0.3) is 5.56 Å². The molecular weight excluding hydrogens is 306 g/mol. The molecule has 0 aromatic carbocycles. The molecule has 3 rings (SSSR count). The van der Waals surface area contributed by atoms with Crippen LogP contribution in [0.5, 0.6) is 0 Å². The van der Waals surface area contributed by atoms with Crippen molar-refractivity contribution in [3.05, 3.63) is 16.7 Å². The molecule has 2 aromatic rings. The topological polar surface area (TPSA) is 126 Å². The molecule has 0 spiro atoms. The van der Waals surface area contributed by atoms with Gasteiger partial charge < -0.3 is 24.6 Å². The number of hydrogen-bond donors (Lipinski definition) is 3. The molecule has 10 heteroatoms. The first kappa shape index (κ1) is 15.9. The van der Waals surface area contributed by atoms with Crippen molar-refractivity contribution in [1.82, 2.24) is 19.5 Å². The Kier molecular flexibility index (Phi) is 4.06. The number of H-pyrrole nitrogens is 1. The van der Waals surface area contributed by atoms with Gasteiger partial charge in [0.2, 0.25) is 5.95 Å². The maximum absolute atomic E-state index is 12.1. The summed E-state index contributed by atoms with van der Waals surface area (Å²) in [6.45, 7) is -0.346. The normalized spacial score (nSPS) is 27.7. The number of aliphatic hydroxyl groups is 2. The second-order valence-electron chi connectivity index (χ2n) is 5.55. The molecular formula is C13H19N5O5. The number of aliphatic hydroxyl groups excluding tert-OH is 2. The van der Waals surface area contributed by atoms with Gasteiger partial charge >= 0.3 is 0 Å². The number of hydrogen-bond acceptors (Lipinski definition) is 8. The summed E-state index contributed by atoms with van der Waals surface area (Å²) in [4.78, 5) is 24.8. The highest BCUT2D eigenvalue weighted by Crippen LogP contribution is 2.32. The molecule has 1 aliphatic rings. The molecule has 0 aliphatic carbocycles. The Balaban J connectivity index is 2.11. The molecule has 0 amide bonds. The largest absolute Gasteiger partial charge is 0.394 e. The fraction of sp³-hybridized carbons (Fsp3) is 0.615. The van der Waals surface area contributed by atoms with Gasteiger partial charge in [0.05, 0.1) is 12.9 Å². The van der Waals surface area contributed by atoms with Crippen molar-refractivity contribution < 1.29 is 19.7 Å². The first-order valence-corrected chi connectivity index (χ1v) is 7.09. The van der Waals surface area contributed by atoms with Crippen LogP contribution in [0.25, 0.3) is 11.2 Å². The predicted molar refractivity (Wildman–Crippen MR) is 80.3 cm³/mol. The lowest BCUT2D eigenvalue weighted by Crippen LogP contribution is -2.34. The Hall–Kier alpha value is -2.01. The van der Waals surface area contributed by atoms with Crippen LogP contribution in [0.3, 0.4) is 0 Å². The molecule has 0 radical (unpaired) electrons. The van der Waals surface area contributed by atoms with Crippen LogP contribution in [0.15, 0.2) is 11.1 Å². The van der Waals surface area contributed by atoms with E-state index in [1.165, 1.54) is 18.0 Å². The molecule has 126 valence electrons. The summed E-state index contributed by atoms with van der Waals surface area (Å²) in [6.07, 6.45) is -1.83. The first-order valence-electron chi connectivity index (χ1n) is 7.09. The molecule has 4 atom stereocenters. The number of rotatable bonds is 4. The minimum atomic E-state index is -0.997. The monoisotopic (exact) mass is 325 g/mol. The van der Waals surface area contributed by atoms with Crippen LogP contribution in [0.1, 0.15) is 6.23 Å². The number of nitrogens with zero attached hydrogens (tertiary/aromatic N) is 4. The van der Waals surface area contributed by atoms with E-state index in [1.54, 1.807) is 19.0 Å². The first-order chi connectivity index (χ1) is 11.0. The third kappa shape index (κ3) is 2.49. The minimum Gasteiger partial charge on any atom is -0.394 e. The van der Waals surface area contributed by atoms with Crippen molar-refractivity contribution in [2.45, 2.75) is 24.5 Å². The maximum atomic E-state index is 12.1. The molecule has 1 unspecified atom stereocenters. The lowest BCUT2D eigenvalue weighted by Gasteiger charge is -2.20. The molecule has 2 aromatic heterocycles. The predicted octanol–water partition coefficient (Wildman–Crippen LogP) is -1.55. The number of nitrogens with one attached hydrogen (secondary N) is 1. The van der Waals surface area contributed by atoms with E-state index in [0.29, 0.717) is 11.6 Å². The van der Waals surface area contributed by atoms with Gasteiger partial charge in [-0.3, -0.25) is 14.3 Å². The quantitative estimate of drug-likeness (QED) is 0.617. The minimum absolute atomic E-state index is 0.163. The number of aromatic nitrogens is 4. The van der Waals surface area contributed by atoms with E-state index in [0.717, 1.165) is 0 Å². The Morgan fingerprint density at radius 1 is 1.52 bits per heavy atom. The van der Waals surface area contributed by atoms with Crippen LogP contribution in [0.2, 0.25) is 0 Å². The summed E-state index contributed by atoms with van der Waals surface area (Å²) in [6, 6.07) is 0. The SMILES string of the molecule is CO[C@H]1C(O)[C@@H](CO)O[C@H]1n1cnc2c(=O)[nH]c(N(C)C)nc21. The van der Waals surface area contributed by atoms with Gasteiger partial charge in [-0.1, -0.05) is 0 Å². The fourth-order valence-electron chi connectivity index (χ4n) is 2.66. The molecule has 1 aliphatic heterocycles. The van der Waals surface area contributed by atoms with Crippen LogP contribution < -0.4 is 10.5 Å². The Labute approximate surface area is 131 Å². The number of fused-ring (bicyclic) bond motifs is 1. The molecule has 0 saturated carbocycles. The number of aromatic amines is 1. The molecule has 3 N–H and O–H groups in total. The summed E-state index contributed by atoms with van der Waals surface area (Å²) >= 11 is 0. The van der Waals surface area contributed by atoms with E-state index >= 15 is 0 Å². The molecule has 3 heterocycles. The number of imidazole rings is 1. The van der Waals surface area contributed by atoms with Crippen LogP contribution in [0, 0.1) is 0 Å². The fourth-order valence-corrected chi connectivity index (χ4v) is 2.66. The highest BCUT2D eigenvalue weighted by molar-refractivity contribution is 5.71. The van der Waals surface area contributed by atoms with Crippen molar-refractivity contribution in [2.75, 3.05) is 32.7 Å². The van der Waals surface area contributed by atoms with Gasteiger partial charge in [-0.15, -0.1) is 0 Å². The van der Waals surface area contributed by atoms with E-state index in [4.69, 9.17) is 9.47 Å². The van der Waals surface area contributed by atoms with Crippen LogP contribution in [-0.2, 0) is 9.47 Å². The molecule has 10 nitrogen and oxygen atoms in total. The standard InChI is InChI=1S/C13H19N5O5/c1-17(2)13-15-10-7(11(21)16-13)14-5-18(10)12-9(22-3)8(20)6(4-19)23-12/h5-6,8-9,12,19-20H,4H2,1-3H3,(H,15,16,21)/t6-,8?,9+,12-/m1/s1. The average Bonchev–Trinajstić information content (AvgIpc) is 3.07. The van der Waals surface area contributed by atoms with Crippen LogP contribution in [-0.4, -0.2) is 75.9 Å². The number of ether oxygens (including phenoxy) is 2. The highest BCUT2D eigenvalue weighted by atomic mass is 16.6. The summed E-state index contributed by atoms with van der Waals surface area (Å²) in [5, 5.41) is 19.4. The Morgan fingerprint density at radius 3 is 2.87 bits per heavy atom. The molecule has 1 fully saturated rings. The van der Waals surface area contributed by atoms with E-state index in [2.05, 4.69) is 15.0 Å². The second kappa shape index (κ2) is 5.89. The van der Waals surface area contributed by atoms with Gasteiger partial charge in [0, 0.05) is 21.2 Å². The van der Waals surface area contributed by atoms with Crippen molar-refractivity contribution >= 4 is 17.1 Å². The number of anilines is 1. The zero-order chi connectivity index (χ0) is 16.7. The van der Waals surface area contributed by atoms with Crippen molar-refractivity contribution in [3.63, 3.8) is 0 Å². The summed E-state index contributed by atoms with van der Waals surface area (Å²) < 4.78 is 12.5. The third-order valence-electron chi connectivity index (χ3n) is 3.88. The maximum Gasteiger partial charge on any atom is 0.280 e. The van der Waals surface area contributed by atoms with E-state index < -0.39 is 24.5 Å². The summed E-state index contributed by atoms with van der Waals surface area (Å²) in [5.74, 6) is 0.371. The van der Waals surface area contributed by atoms with Gasteiger partial charge in [-0.2, -0.15) is 4.98 Å². The lowest BCUT2D eigenvalue weighted by atomic mass is 10.1. The van der Waals surface area contributed by atoms with E-state index in [9.17, 15) is 15.0 Å². The van der Waals surface area contributed by atoms with Gasteiger partial charge in [0.1, 0.15) is 18.3 Å². The van der Waals surface area contributed by atoms with Gasteiger partial charge in [-0.25, -0.2) is 4.98 Å². The zero-order valence-corrected chi connectivity index (χ0v) is 13.0. The number of methoxy groups -OCH3 is 1. The van der Waals surface area contributed by atoms with E-state index in [1.807, 2.05) is 0 Å². The lowest BCUT2D eigenvalue weighted by molar-refractivity contribution is -0.0583. The van der Waals surface area contributed by atoms with Crippen molar-refractivity contribution in [1.29, 1.82) is 0 Å². The van der Waals surface area contributed by atoms with Gasteiger partial charge in [0.15, 0.2) is 17.4 Å². The second-order valence-corrected chi connectivity index (χ2v) is 5.55. The van der Waals surface area contributed by atoms with Crippen LogP contribution >= 0.6 is 0 Å². The van der Waals surface area contributed by atoms with Crippen molar-refractivity contribution in [2.24, 2.45) is 0 Å². The molecule has 0 bridgehead atoms. The van der Waals surface area contributed by atoms with Gasteiger partial charge in [-0.05, 0) is 0 Å². The molecule has 1 saturated heterocycles. The van der Waals surface area contributed by atoms with Crippen LogP contribution in [0.4, 0.5) is 5.95 Å². The average molecular weight is 325 g/mol. The zero-order valence-electron chi connectivity index (χ0n) is 13.0. The smallest absolute Gasteiger partial charge is 0.280 e. The summed E-state index contributed by atoms with van der Waals surface area (Å²) in [5.41, 5.74) is 0.106. The van der Waals surface area contributed by atoms with Crippen molar-refractivity contribution in [3.8, 4) is 0 Å².